The van der Waals surface area contributed by atoms with Crippen LogP contribution in [-0.4, -0.2) is 54.0 Å². The van der Waals surface area contributed by atoms with Gasteiger partial charge in [0.05, 0.1) is 5.75 Å². The predicted octanol–water partition coefficient (Wildman–Crippen LogP) is 1.68. The van der Waals surface area contributed by atoms with E-state index < -0.39 is 9.84 Å². The van der Waals surface area contributed by atoms with E-state index >= 15 is 0 Å². The van der Waals surface area contributed by atoms with E-state index in [0.717, 1.165) is 17.2 Å². The maximum absolute atomic E-state index is 11.2. The first-order chi connectivity index (χ1) is 12.3. The molecule has 2 aromatic rings. The van der Waals surface area contributed by atoms with Crippen molar-refractivity contribution in [3.05, 3.63) is 42.1 Å². The fourth-order valence-electron chi connectivity index (χ4n) is 2.36. The molecule has 2 aromatic heterocycles. The number of imidazole rings is 1. The van der Waals surface area contributed by atoms with Gasteiger partial charge < -0.3 is 10.6 Å². The van der Waals surface area contributed by atoms with Gasteiger partial charge in [0.25, 0.3) is 0 Å². The van der Waals surface area contributed by atoms with Crippen LogP contribution in [0.4, 0.5) is 0 Å². The average molecular weight is 506 g/mol. The van der Waals surface area contributed by atoms with Gasteiger partial charge in [-0.25, -0.2) is 18.4 Å². The summed E-state index contributed by atoms with van der Waals surface area (Å²) in [5.74, 6) is 2.48. The van der Waals surface area contributed by atoms with Crippen LogP contribution in [0.15, 0.2) is 35.7 Å². The predicted molar refractivity (Wildman–Crippen MR) is 119 cm³/mol. The smallest absolute Gasteiger partial charge is 0.191 e. The molecule has 0 amide bonds. The maximum Gasteiger partial charge on any atom is 0.191 e. The minimum Gasteiger partial charge on any atom is -0.354 e. The lowest BCUT2D eigenvalue weighted by Gasteiger charge is -2.17. The summed E-state index contributed by atoms with van der Waals surface area (Å²) in [5, 5.41) is 6.40. The third-order valence-corrected chi connectivity index (χ3v) is 4.85. The van der Waals surface area contributed by atoms with Crippen molar-refractivity contribution in [1.82, 2.24) is 25.2 Å². The largest absolute Gasteiger partial charge is 0.354 e. The highest BCUT2D eigenvalue weighted by Crippen LogP contribution is 2.08. The zero-order valence-corrected chi connectivity index (χ0v) is 19.2. The van der Waals surface area contributed by atoms with Crippen molar-refractivity contribution in [2.75, 3.05) is 19.1 Å². The lowest BCUT2D eigenvalue weighted by atomic mass is 10.2. The summed E-state index contributed by atoms with van der Waals surface area (Å²) in [6.07, 6.45) is 7.20. The minimum atomic E-state index is -2.96. The monoisotopic (exact) mass is 506 g/mol. The third kappa shape index (κ3) is 7.83. The van der Waals surface area contributed by atoms with E-state index in [2.05, 4.69) is 25.6 Å². The van der Waals surface area contributed by atoms with Crippen molar-refractivity contribution in [2.45, 2.75) is 32.9 Å². The lowest BCUT2D eigenvalue weighted by molar-refractivity contribution is 0.581. The summed E-state index contributed by atoms with van der Waals surface area (Å²) >= 11 is 0. The van der Waals surface area contributed by atoms with Crippen LogP contribution >= 0.6 is 24.0 Å². The molecule has 150 valence electrons. The summed E-state index contributed by atoms with van der Waals surface area (Å²) in [6, 6.07) is 3.94. The first kappa shape index (κ1) is 23.3. The van der Waals surface area contributed by atoms with Crippen LogP contribution in [0.25, 0.3) is 5.82 Å². The molecule has 1 atom stereocenters. The number of nitrogens with zero attached hydrogens (tertiary/aromatic N) is 4. The summed E-state index contributed by atoms with van der Waals surface area (Å²) in [5.41, 5.74) is 1.01. The Morgan fingerprint density at radius 1 is 1.33 bits per heavy atom. The van der Waals surface area contributed by atoms with E-state index in [0.29, 0.717) is 18.9 Å². The summed E-state index contributed by atoms with van der Waals surface area (Å²) in [7, 11) is -1.28. The number of nitrogens with one attached hydrogen (secondary N) is 2. The van der Waals surface area contributed by atoms with Gasteiger partial charge in [0.15, 0.2) is 5.96 Å². The Hall–Kier alpha value is -1.69. The molecule has 0 aromatic carbocycles. The second-order valence-corrected chi connectivity index (χ2v) is 8.52. The van der Waals surface area contributed by atoms with Crippen LogP contribution in [0.3, 0.4) is 0 Å². The Balaban J connectivity index is 0.00000364. The van der Waals surface area contributed by atoms with Gasteiger partial charge in [-0.2, -0.15) is 0 Å². The molecule has 0 saturated heterocycles. The molecule has 27 heavy (non-hydrogen) atoms. The van der Waals surface area contributed by atoms with Crippen molar-refractivity contribution in [1.29, 1.82) is 0 Å². The van der Waals surface area contributed by atoms with Crippen molar-refractivity contribution < 1.29 is 8.42 Å². The molecule has 2 heterocycles. The number of sulfone groups is 1. The van der Waals surface area contributed by atoms with Gasteiger partial charge in [-0.15, -0.1) is 24.0 Å². The highest BCUT2D eigenvalue weighted by molar-refractivity contribution is 14.0. The fraction of sp³-hybridized carbons (Fsp3) is 0.471. The quantitative estimate of drug-likeness (QED) is 0.337. The van der Waals surface area contributed by atoms with E-state index in [1.807, 2.05) is 42.9 Å². The van der Waals surface area contributed by atoms with Crippen molar-refractivity contribution in [3.63, 3.8) is 0 Å². The molecular weight excluding hydrogens is 479 g/mol. The van der Waals surface area contributed by atoms with E-state index in [-0.39, 0.29) is 35.8 Å². The topological polar surface area (TPSA) is 101 Å². The minimum absolute atomic E-state index is 0. The summed E-state index contributed by atoms with van der Waals surface area (Å²) in [6.45, 7) is 4.42. The highest BCUT2D eigenvalue weighted by Gasteiger charge is 2.09. The molecule has 0 bridgehead atoms. The van der Waals surface area contributed by atoms with Crippen LogP contribution < -0.4 is 10.6 Å². The molecule has 0 aliphatic heterocycles. The normalized spacial score (nSPS) is 13.0. The van der Waals surface area contributed by atoms with Crippen molar-refractivity contribution in [2.24, 2.45) is 4.99 Å². The number of rotatable bonds is 7. The van der Waals surface area contributed by atoms with Gasteiger partial charge in [-0.3, -0.25) is 9.56 Å². The van der Waals surface area contributed by atoms with Crippen molar-refractivity contribution >= 4 is 39.8 Å². The molecule has 0 radical (unpaired) electrons. The number of aliphatic imine (C=N–C) groups is 1. The number of hydrogen-bond acceptors (Lipinski definition) is 5. The van der Waals surface area contributed by atoms with Crippen LogP contribution in [-0.2, 0) is 16.4 Å². The van der Waals surface area contributed by atoms with Gasteiger partial charge in [0.1, 0.15) is 21.5 Å². The summed E-state index contributed by atoms with van der Waals surface area (Å²) < 4.78 is 24.4. The lowest BCUT2D eigenvalue weighted by Crippen LogP contribution is -2.42. The molecule has 1 unspecified atom stereocenters. The van der Waals surface area contributed by atoms with Crippen LogP contribution in [0.2, 0.25) is 0 Å². The standard InChI is InChI=1S/C17H26N6O2S.HI/c1-13(7-10-26(4,24)25)22-17(18-3)21-12-15-5-6-16(20-11-15)23-9-8-19-14(23)2;/h5-6,8-9,11,13H,7,10,12H2,1-4H3,(H2,18,21,22);1H. The molecule has 10 heteroatoms. The average Bonchev–Trinajstić information content (AvgIpc) is 3.02. The third-order valence-electron chi connectivity index (χ3n) is 3.87. The van der Waals surface area contributed by atoms with Crippen molar-refractivity contribution in [3.8, 4) is 5.82 Å². The van der Waals surface area contributed by atoms with Gasteiger partial charge in [0, 0.05) is 44.5 Å². The fourth-order valence-corrected chi connectivity index (χ4v) is 3.14. The van der Waals surface area contributed by atoms with Crippen LogP contribution in [0.5, 0.6) is 0 Å². The zero-order valence-electron chi connectivity index (χ0n) is 16.0. The molecule has 0 saturated carbocycles. The van der Waals surface area contributed by atoms with E-state index in [1.165, 1.54) is 6.26 Å². The second-order valence-electron chi connectivity index (χ2n) is 6.26. The number of pyridine rings is 1. The Morgan fingerprint density at radius 3 is 2.59 bits per heavy atom. The molecular formula is C17H27IN6O2S. The Labute approximate surface area is 177 Å². The second kappa shape index (κ2) is 10.6. The molecule has 0 fully saturated rings. The molecule has 0 aliphatic rings. The first-order valence-corrected chi connectivity index (χ1v) is 10.4. The van der Waals surface area contributed by atoms with E-state index in [4.69, 9.17) is 0 Å². The number of guanidine groups is 1. The molecule has 2 rings (SSSR count). The van der Waals surface area contributed by atoms with Crippen LogP contribution in [0.1, 0.15) is 24.7 Å². The van der Waals surface area contributed by atoms with Gasteiger partial charge in [0.2, 0.25) is 0 Å². The van der Waals surface area contributed by atoms with Gasteiger partial charge in [-0.1, -0.05) is 6.07 Å². The number of hydrogen-bond donors (Lipinski definition) is 2. The number of aromatic nitrogens is 3. The molecule has 8 nitrogen and oxygen atoms in total. The van der Waals surface area contributed by atoms with E-state index in [9.17, 15) is 8.42 Å². The summed E-state index contributed by atoms with van der Waals surface area (Å²) in [4.78, 5) is 12.8. The maximum atomic E-state index is 11.2. The zero-order chi connectivity index (χ0) is 19.2. The van der Waals surface area contributed by atoms with E-state index in [1.54, 1.807) is 13.2 Å². The molecule has 2 N–H and O–H groups in total. The first-order valence-electron chi connectivity index (χ1n) is 8.38. The SMILES string of the molecule is CN=C(NCc1ccc(-n2ccnc2C)nc1)NC(C)CCS(C)(=O)=O.I. The van der Waals surface area contributed by atoms with Crippen LogP contribution in [0, 0.1) is 6.92 Å². The Kier molecular flexibility index (Phi) is 9.16. The molecule has 0 spiro atoms. The number of halogens is 1. The van der Waals surface area contributed by atoms with Gasteiger partial charge in [-0.05, 0) is 31.9 Å². The highest BCUT2D eigenvalue weighted by atomic mass is 127. The molecule has 0 aliphatic carbocycles. The van der Waals surface area contributed by atoms with Gasteiger partial charge >= 0.3 is 0 Å². The Morgan fingerprint density at radius 2 is 2.07 bits per heavy atom. The Bertz CT molecular complexity index is 849. The number of aryl methyl sites for hydroxylation is 1.